The maximum absolute atomic E-state index is 12.5. The van der Waals surface area contributed by atoms with Crippen molar-refractivity contribution in [1.82, 2.24) is 4.90 Å². The van der Waals surface area contributed by atoms with E-state index in [2.05, 4.69) is 20.9 Å². The first kappa shape index (κ1) is 12.5. The first-order chi connectivity index (χ1) is 9.15. The van der Waals surface area contributed by atoms with Crippen LogP contribution in [0.15, 0.2) is 40.4 Å². The number of dihydropyridines is 1. The lowest BCUT2D eigenvalue weighted by Crippen LogP contribution is -2.32. The van der Waals surface area contributed by atoms with Crippen molar-refractivity contribution in [3.8, 4) is 0 Å². The molecule has 1 saturated heterocycles. The number of nitrogens with zero attached hydrogens (tertiary/aromatic N) is 2. The molecule has 1 fully saturated rings. The Hall–Kier alpha value is -1.49. The summed E-state index contributed by atoms with van der Waals surface area (Å²) in [5, 5.41) is 0. The molecule has 0 aromatic carbocycles. The SMILES string of the molecule is O=C1C=C(C(=O)N2CCCC2)C2=CC(Br)C=CC2=N1. The molecule has 2 heterocycles. The van der Waals surface area contributed by atoms with Crippen LogP contribution < -0.4 is 0 Å². The van der Waals surface area contributed by atoms with Gasteiger partial charge in [0, 0.05) is 24.7 Å². The summed E-state index contributed by atoms with van der Waals surface area (Å²) in [4.78, 5) is 29.9. The van der Waals surface area contributed by atoms with Gasteiger partial charge in [-0.2, -0.15) is 0 Å². The van der Waals surface area contributed by atoms with E-state index in [1.807, 2.05) is 17.1 Å². The summed E-state index contributed by atoms with van der Waals surface area (Å²) in [7, 11) is 0. The topological polar surface area (TPSA) is 49.7 Å². The van der Waals surface area contributed by atoms with E-state index in [0.717, 1.165) is 31.5 Å². The molecule has 3 aliphatic rings. The van der Waals surface area contributed by atoms with Crippen LogP contribution in [0.4, 0.5) is 0 Å². The van der Waals surface area contributed by atoms with Gasteiger partial charge >= 0.3 is 0 Å². The molecule has 0 N–H and O–H groups in total. The fraction of sp³-hybridized carbons (Fsp3) is 0.357. The van der Waals surface area contributed by atoms with Crippen LogP contribution in [0.25, 0.3) is 0 Å². The van der Waals surface area contributed by atoms with Crippen LogP contribution in [0.3, 0.4) is 0 Å². The van der Waals surface area contributed by atoms with Gasteiger partial charge in [-0.3, -0.25) is 9.59 Å². The zero-order valence-electron chi connectivity index (χ0n) is 10.3. The molecule has 1 atom stereocenters. The highest BCUT2D eigenvalue weighted by atomic mass is 79.9. The van der Waals surface area contributed by atoms with Gasteiger partial charge in [-0.05, 0) is 18.9 Å². The summed E-state index contributed by atoms with van der Waals surface area (Å²) < 4.78 is 0. The number of fused-ring (bicyclic) bond motifs is 1. The number of allylic oxidation sites excluding steroid dienone is 3. The first-order valence-electron chi connectivity index (χ1n) is 6.33. The summed E-state index contributed by atoms with van der Waals surface area (Å²) in [6.07, 6.45) is 9.04. The number of hydrogen-bond donors (Lipinski definition) is 0. The highest BCUT2D eigenvalue weighted by Crippen LogP contribution is 2.27. The highest BCUT2D eigenvalue weighted by molar-refractivity contribution is 9.09. The normalized spacial score (nSPS) is 25.7. The van der Waals surface area contributed by atoms with Gasteiger partial charge in [-0.1, -0.05) is 28.1 Å². The molecular weight excluding hydrogens is 308 g/mol. The van der Waals surface area contributed by atoms with E-state index in [0.29, 0.717) is 11.3 Å². The van der Waals surface area contributed by atoms with Crippen molar-refractivity contribution in [2.45, 2.75) is 17.7 Å². The number of halogens is 1. The van der Waals surface area contributed by atoms with Crippen molar-refractivity contribution in [2.75, 3.05) is 13.1 Å². The molecule has 4 nitrogen and oxygen atoms in total. The number of aliphatic imine (C=N–C) groups is 1. The maximum Gasteiger partial charge on any atom is 0.271 e. The third-order valence-electron chi connectivity index (χ3n) is 3.45. The van der Waals surface area contributed by atoms with Crippen LogP contribution in [0.2, 0.25) is 0 Å². The average molecular weight is 321 g/mol. The molecule has 3 rings (SSSR count). The molecular formula is C14H13BrN2O2. The van der Waals surface area contributed by atoms with Gasteiger partial charge in [-0.25, -0.2) is 4.99 Å². The van der Waals surface area contributed by atoms with Crippen molar-refractivity contribution in [1.29, 1.82) is 0 Å². The third kappa shape index (κ3) is 2.34. The Labute approximate surface area is 119 Å². The van der Waals surface area contributed by atoms with E-state index in [9.17, 15) is 9.59 Å². The lowest BCUT2D eigenvalue weighted by molar-refractivity contribution is -0.126. The molecule has 5 heteroatoms. The Balaban J connectivity index is 1.95. The fourth-order valence-electron chi connectivity index (χ4n) is 2.52. The predicted octanol–water partition coefficient (Wildman–Crippen LogP) is 1.78. The first-order valence-corrected chi connectivity index (χ1v) is 7.25. The molecule has 0 spiro atoms. The molecule has 0 bridgehead atoms. The quantitative estimate of drug-likeness (QED) is 0.691. The lowest BCUT2D eigenvalue weighted by Gasteiger charge is -2.23. The number of carbonyl (C=O) groups is 2. The maximum atomic E-state index is 12.5. The van der Waals surface area contributed by atoms with Crippen LogP contribution in [-0.4, -0.2) is 40.3 Å². The van der Waals surface area contributed by atoms with Gasteiger partial charge in [0.1, 0.15) is 0 Å². The lowest BCUT2D eigenvalue weighted by atomic mass is 9.92. The van der Waals surface area contributed by atoms with Crippen molar-refractivity contribution < 1.29 is 9.59 Å². The molecule has 0 aromatic rings. The second-order valence-corrected chi connectivity index (χ2v) is 5.83. The summed E-state index contributed by atoms with van der Waals surface area (Å²) in [5.41, 5.74) is 1.83. The molecule has 1 unspecified atom stereocenters. The minimum absolute atomic E-state index is 0.0560. The number of alkyl halides is 1. The van der Waals surface area contributed by atoms with Crippen LogP contribution in [-0.2, 0) is 9.59 Å². The zero-order valence-corrected chi connectivity index (χ0v) is 11.9. The monoisotopic (exact) mass is 320 g/mol. The van der Waals surface area contributed by atoms with Gasteiger partial charge in [-0.15, -0.1) is 0 Å². The summed E-state index contributed by atoms with van der Waals surface area (Å²) in [5.74, 6) is -0.410. The smallest absolute Gasteiger partial charge is 0.271 e. The number of likely N-dealkylation sites (tertiary alicyclic amines) is 1. The molecule has 1 aliphatic carbocycles. The largest absolute Gasteiger partial charge is 0.339 e. The minimum atomic E-state index is -0.354. The third-order valence-corrected chi connectivity index (χ3v) is 4.02. The van der Waals surface area contributed by atoms with Crippen LogP contribution in [0.1, 0.15) is 12.8 Å². The number of hydrogen-bond acceptors (Lipinski definition) is 2. The molecule has 2 amide bonds. The van der Waals surface area contributed by atoms with Crippen LogP contribution in [0.5, 0.6) is 0 Å². The van der Waals surface area contributed by atoms with Gasteiger partial charge in [0.05, 0.1) is 16.1 Å². The second kappa shape index (κ2) is 4.89. The molecule has 0 saturated carbocycles. The van der Waals surface area contributed by atoms with E-state index in [1.54, 1.807) is 6.08 Å². The van der Waals surface area contributed by atoms with E-state index >= 15 is 0 Å². The zero-order chi connectivity index (χ0) is 13.4. The number of amides is 2. The Morgan fingerprint density at radius 3 is 2.84 bits per heavy atom. The molecule has 98 valence electrons. The molecule has 0 aromatic heterocycles. The predicted molar refractivity (Wildman–Crippen MR) is 76.3 cm³/mol. The summed E-state index contributed by atoms with van der Waals surface area (Å²) >= 11 is 3.47. The van der Waals surface area contributed by atoms with Crippen molar-refractivity contribution in [2.24, 2.45) is 4.99 Å². The van der Waals surface area contributed by atoms with E-state index in [1.165, 1.54) is 6.08 Å². The Morgan fingerprint density at radius 2 is 2.11 bits per heavy atom. The second-order valence-electron chi connectivity index (χ2n) is 4.78. The van der Waals surface area contributed by atoms with E-state index < -0.39 is 0 Å². The Bertz CT molecular complexity index is 566. The fourth-order valence-corrected chi connectivity index (χ4v) is 2.93. The Kier molecular flexibility index (Phi) is 3.22. The van der Waals surface area contributed by atoms with E-state index in [-0.39, 0.29) is 16.6 Å². The van der Waals surface area contributed by atoms with Crippen molar-refractivity contribution in [3.63, 3.8) is 0 Å². The number of rotatable bonds is 1. The highest BCUT2D eigenvalue weighted by Gasteiger charge is 2.29. The standard InChI is InChI=1S/C14H13BrN2O2/c15-9-3-4-12-10(7-9)11(8-13(18)16-12)14(19)17-5-1-2-6-17/h3-4,7-9H,1-2,5-6H2. The van der Waals surface area contributed by atoms with E-state index in [4.69, 9.17) is 0 Å². The molecule has 0 radical (unpaired) electrons. The van der Waals surface area contributed by atoms with Gasteiger partial charge in [0.2, 0.25) is 0 Å². The van der Waals surface area contributed by atoms with Crippen LogP contribution in [0, 0.1) is 0 Å². The minimum Gasteiger partial charge on any atom is -0.339 e. The summed E-state index contributed by atoms with van der Waals surface area (Å²) in [6.45, 7) is 1.55. The number of carbonyl (C=O) groups excluding carboxylic acids is 2. The van der Waals surface area contributed by atoms with Gasteiger partial charge in [0.25, 0.3) is 11.8 Å². The van der Waals surface area contributed by atoms with Gasteiger partial charge in [0.15, 0.2) is 0 Å². The Morgan fingerprint density at radius 1 is 1.37 bits per heavy atom. The van der Waals surface area contributed by atoms with Gasteiger partial charge < -0.3 is 4.90 Å². The van der Waals surface area contributed by atoms with Crippen LogP contribution >= 0.6 is 15.9 Å². The molecule has 2 aliphatic heterocycles. The van der Waals surface area contributed by atoms with Crippen molar-refractivity contribution >= 4 is 33.5 Å². The molecule has 19 heavy (non-hydrogen) atoms. The average Bonchev–Trinajstić information content (AvgIpc) is 2.91. The summed E-state index contributed by atoms with van der Waals surface area (Å²) in [6, 6.07) is 0. The van der Waals surface area contributed by atoms with Crippen molar-refractivity contribution in [3.05, 3.63) is 35.5 Å².